The van der Waals surface area contributed by atoms with Crippen LogP contribution in [0.5, 0.6) is 0 Å². The van der Waals surface area contributed by atoms with Crippen molar-refractivity contribution in [2.24, 2.45) is 0 Å². The molecule has 8 nitrogen and oxygen atoms in total. The molecule has 0 saturated carbocycles. The number of rotatable bonds is 5. The van der Waals surface area contributed by atoms with Crippen LogP contribution in [-0.2, 0) is 11.3 Å². The summed E-state index contributed by atoms with van der Waals surface area (Å²) in [4.78, 5) is 32.1. The number of aryl methyl sites for hydroxylation is 1. The van der Waals surface area contributed by atoms with E-state index in [1.165, 1.54) is 11.3 Å². The van der Waals surface area contributed by atoms with Gasteiger partial charge in [0, 0.05) is 42.5 Å². The summed E-state index contributed by atoms with van der Waals surface area (Å²) in [7, 11) is 0. The molecule has 0 unspecified atom stereocenters. The highest BCUT2D eigenvalue weighted by molar-refractivity contribution is 7.14. The van der Waals surface area contributed by atoms with Gasteiger partial charge in [0.05, 0.1) is 30.0 Å². The number of morpholine rings is 1. The molecule has 0 spiro atoms. The van der Waals surface area contributed by atoms with E-state index in [1.54, 1.807) is 12.3 Å². The van der Waals surface area contributed by atoms with Gasteiger partial charge >= 0.3 is 0 Å². The first-order valence-corrected chi connectivity index (χ1v) is 11.0. The van der Waals surface area contributed by atoms with Gasteiger partial charge in [-0.1, -0.05) is 6.07 Å². The van der Waals surface area contributed by atoms with Gasteiger partial charge in [0.15, 0.2) is 5.13 Å². The van der Waals surface area contributed by atoms with E-state index in [9.17, 15) is 4.79 Å². The number of aromatic nitrogens is 4. The lowest BCUT2D eigenvalue weighted by atomic mass is 10.2. The summed E-state index contributed by atoms with van der Waals surface area (Å²) in [5.41, 5.74) is 4.70. The highest BCUT2D eigenvalue weighted by Gasteiger charge is 2.17. The first-order valence-electron chi connectivity index (χ1n) is 10.1. The molecule has 31 heavy (non-hydrogen) atoms. The zero-order chi connectivity index (χ0) is 21.2. The quantitative estimate of drug-likeness (QED) is 0.499. The van der Waals surface area contributed by atoms with Gasteiger partial charge in [-0.3, -0.25) is 20.0 Å². The second-order valence-corrected chi connectivity index (χ2v) is 8.32. The number of hydrogen-bond acceptors (Lipinski definition) is 7. The summed E-state index contributed by atoms with van der Waals surface area (Å²) in [5.74, 6) is 0.461. The fraction of sp³-hybridized carbons (Fsp3) is 0.273. The predicted molar refractivity (Wildman–Crippen MR) is 120 cm³/mol. The first kappa shape index (κ1) is 19.8. The Hall–Kier alpha value is -3.14. The van der Waals surface area contributed by atoms with Crippen molar-refractivity contribution in [2.75, 3.05) is 31.6 Å². The molecule has 1 fully saturated rings. The van der Waals surface area contributed by atoms with Crippen molar-refractivity contribution in [3.63, 3.8) is 0 Å². The fourth-order valence-electron chi connectivity index (χ4n) is 3.55. The molecule has 0 aliphatic carbocycles. The molecule has 158 valence electrons. The van der Waals surface area contributed by atoms with Gasteiger partial charge in [0.25, 0.3) is 5.91 Å². The van der Waals surface area contributed by atoms with Gasteiger partial charge in [-0.05, 0) is 31.2 Å². The van der Waals surface area contributed by atoms with Crippen LogP contribution in [-0.4, -0.2) is 57.0 Å². The average Bonchev–Trinajstić information content (AvgIpc) is 3.41. The zero-order valence-corrected chi connectivity index (χ0v) is 17.9. The Bertz CT molecular complexity index is 1210. The molecule has 2 N–H and O–H groups in total. The lowest BCUT2D eigenvalue weighted by Gasteiger charge is -2.25. The van der Waals surface area contributed by atoms with E-state index in [0.29, 0.717) is 22.0 Å². The standard InChI is InChI=1S/C22H22N6O2S/c1-14-5-6-15(11-23-14)20-25-18-4-2-3-17(19(18)26-20)21(29)27-22-24-16(13-31-22)12-28-7-9-30-10-8-28/h2-6,11,13H,7-10,12H2,1H3,(H,25,26)(H,24,27,29). The average molecular weight is 435 g/mol. The number of imidazole rings is 1. The van der Waals surface area contributed by atoms with E-state index in [1.807, 2.05) is 36.6 Å². The Morgan fingerprint density at radius 1 is 1.23 bits per heavy atom. The van der Waals surface area contributed by atoms with E-state index in [-0.39, 0.29) is 5.91 Å². The summed E-state index contributed by atoms with van der Waals surface area (Å²) < 4.78 is 5.39. The van der Waals surface area contributed by atoms with Gasteiger partial charge in [-0.2, -0.15) is 0 Å². The van der Waals surface area contributed by atoms with Crippen LogP contribution in [0, 0.1) is 6.92 Å². The number of benzene rings is 1. The number of para-hydroxylation sites is 1. The molecule has 0 atom stereocenters. The summed E-state index contributed by atoms with van der Waals surface area (Å²) in [6.07, 6.45) is 1.78. The van der Waals surface area contributed by atoms with E-state index in [0.717, 1.165) is 55.3 Å². The van der Waals surface area contributed by atoms with Crippen molar-refractivity contribution in [3.05, 3.63) is 58.9 Å². The first-order chi connectivity index (χ1) is 15.2. The van der Waals surface area contributed by atoms with Crippen molar-refractivity contribution in [1.82, 2.24) is 24.8 Å². The van der Waals surface area contributed by atoms with Crippen LogP contribution in [0.25, 0.3) is 22.4 Å². The minimum absolute atomic E-state index is 0.224. The highest BCUT2D eigenvalue weighted by Crippen LogP contribution is 2.24. The lowest BCUT2D eigenvalue weighted by molar-refractivity contribution is 0.0337. The van der Waals surface area contributed by atoms with Crippen molar-refractivity contribution < 1.29 is 9.53 Å². The number of amides is 1. The number of aromatic amines is 1. The Kier molecular flexibility index (Phi) is 5.46. The number of pyridine rings is 1. The fourth-order valence-corrected chi connectivity index (χ4v) is 4.25. The Balaban J connectivity index is 1.34. The Morgan fingerprint density at radius 2 is 2.10 bits per heavy atom. The molecule has 0 bridgehead atoms. The van der Waals surface area contributed by atoms with Crippen LogP contribution >= 0.6 is 11.3 Å². The molecule has 3 aromatic heterocycles. The number of fused-ring (bicyclic) bond motifs is 1. The van der Waals surface area contributed by atoms with Gasteiger partial charge in [-0.25, -0.2) is 9.97 Å². The molecule has 1 amide bonds. The third-order valence-corrected chi connectivity index (χ3v) is 6.01. The number of H-pyrrole nitrogens is 1. The number of carbonyl (C=O) groups is 1. The van der Waals surface area contributed by atoms with E-state index >= 15 is 0 Å². The largest absolute Gasteiger partial charge is 0.379 e. The highest BCUT2D eigenvalue weighted by atomic mass is 32.1. The Labute approximate surface area is 183 Å². The van der Waals surface area contributed by atoms with Gasteiger partial charge < -0.3 is 9.72 Å². The molecule has 9 heteroatoms. The van der Waals surface area contributed by atoms with Crippen LogP contribution in [0.4, 0.5) is 5.13 Å². The van der Waals surface area contributed by atoms with Crippen molar-refractivity contribution in [3.8, 4) is 11.4 Å². The number of carbonyl (C=O) groups excluding carboxylic acids is 1. The smallest absolute Gasteiger partial charge is 0.259 e. The monoisotopic (exact) mass is 434 g/mol. The van der Waals surface area contributed by atoms with E-state index in [4.69, 9.17) is 4.74 Å². The SMILES string of the molecule is Cc1ccc(-c2nc3c(C(=O)Nc4nc(CN5CCOCC5)cs4)cccc3[nH]2)cn1. The molecule has 1 aliphatic rings. The summed E-state index contributed by atoms with van der Waals surface area (Å²) in [6.45, 7) is 6.01. The third kappa shape index (κ3) is 4.34. The second-order valence-electron chi connectivity index (χ2n) is 7.46. The van der Waals surface area contributed by atoms with Crippen LogP contribution < -0.4 is 5.32 Å². The molecule has 1 saturated heterocycles. The predicted octanol–water partition coefficient (Wildman–Crippen LogP) is 3.47. The lowest BCUT2D eigenvalue weighted by Crippen LogP contribution is -2.35. The van der Waals surface area contributed by atoms with Gasteiger partial charge in [0.2, 0.25) is 0 Å². The summed E-state index contributed by atoms with van der Waals surface area (Å²) in [5, 5.41) is 5.50. The van der Waals surface area contributed by atoms with Crippen molar-refractivity contribution in [1.29, 1.82) is 0 Å². The minimum Gasteiger partial charge on any atom is -0.379 e. The molecule has 4 heterocycles. The molecule has 5 rings (SSSR count). The number of hydrogen-bond donors (Lipinski definition) is 2. The number of nitrogens with zero attached hydrogens (tertiary/aromatic N) is 4. The molecule has 1 aliphatic heterocycles. The van der Waals surface area contributed by atoms with Gasteiger partial charge in [0.1, 0.15) is 11.3 Å². The summed E-state index contributed by atoms with van der Waals surface area (Å²) in [6, 6.07) is 9.43. The number of nitrogens with one attached hydrogen (secondary N) is 2. The van der Waals surface area contributed by atoms with Crippen LogP contribution in [0.2, 0.25) is 0 Å². The van der Waals surface area contributed by atoms with Crippen LogP contribution in [0.1, 0.15) is 21.7 Å². The maximum atomic E-state index is 13.0. The van der Waals surface area contributed by atoms with E-state index < -0.39 is 0 Å². The van der Waals surface area contributed by atoms with Crippen LogP contribution in [0.15, 0.2) is 41.9 Å². The topological polar surface area (TPSA) is 96.0 Å². The number of anilines is 1. The van der Waals surface area contributed by atoms with Crippen molar-refractivity contribution in [2.45, 2.75) is 13.5 Å². The maximum Gasteiger partial charge on any atom is 0.259 e. The number of ether oxygens (including phenoxy) is 1. The molecule has 0 radical (unpaired) electrons. The third-order valence-electron chi connectivity index (χ3n) is 5.20. The summed E-state index contributed by atoms with van der Waals surface area (Å²) >= 11 is 1.43. The van der Waals surface area contributed by atoms with Crippen molar-refractivity contribution >= 4 is 33.4 Å². The maximum absolute atomic E-state index is 13.0. The zero-order valence-electron chi connectivity index (χ0n) is 17.1. The van der Waals surface area contributed by atoms with E-state index in [2.05, 4.69) is 30.2 Å². The molecule has 4 aromatic rings. The van der Waals surface area contributed by atoms with Gasteiger partial charge in [-0.15, -0.1) is 11.3 Å². The minimum atomic E-state index is -0.224. The molecular weight excluding hydrogens is 412 g/mol. The Morgan fingerprint density at radius 3 is 2.90 bits per heavy atom. The normalized spacial score (nSPS) is 14.7. The second kappa shape index (κ2) is 8.54. The van der Waals surface area contributed by atoms with Crippen LogP contribution in [0.3, 0.4) is 0 Å². The number of thiazole rings is 1. The molecule has 1 aromatic carbocycles. The molecular formula is C22H22N6O2S.